The number of piperidine rings is 3. The monoisotopic (exact) mass is 451 g/mol. The van der Waals surface area contributed by atoms with Gasteiger partial charge in [-0.3, -0.25) is 4.90 Å². The van der Waals surface area contributed by atoms with Crippen LogP contribution < -0.4 is 4.90 Å². The SMILES string of the molecule is O=C(O[C@H]1C[N+]2(Cc3ccccc3)CCC1CC2)N(Cc1ccccc1F)c1cccs1. The Labute approximate surface area is 192 Å². The van der Waals surface area contributed by atoms with Gasteiger partial charge in [-0.05, 0) is 23.6 Å². The number of halogens is 1. The van der Waals surface area contributed by atoms with E-state index in [0.29, 0.717) is 11.5 Å². The molecule has 166 valence electrons. The maximum Gasteiger partial charge on any atom is 0.415 e. The van der Waals surface area contributed by atoms with Gasteiger partial charge in [0.15, 0.2) is 6.10 Å². The molecular weight excluding hydrogens is 423 g/mol. The molecule has 3 aliphatic rings. The molecule has 1 aromatic heterocycles. The van der Waals surface area contributed by atoms with Crippen molar-refractivity contribution in [2.75, 3.05) is 24.5 Å². The molecule has 4 nitrogen and oxygen atoms in total. The molecule has 3 aromatic rings. The Balaban J connectivity index is 1.32. The quantitative estimate of drug-likeness (QED) is 0.441. The first kappa shape index (κ1) is 21.2. The molecular formula is C26H28FN2O2S+. The predicted molar refractivity (Wildman–Crippen MR) is 125 cm³/mol. The number of hydrogen-bond donors (Lipinski definition) is 0. The van der Waals surface area contributed by atoms with Crippen LogP contribution in [0, 0.1) is 11.7 Å². The molecule has 1 amide bonds. The van der Waals surface area contributed by atoms with E-state index in [0.717, 1.165) is 48.5 Å². The van der Waals surface area contributed by atoms with Gasteiger partial charge in [0.05, 0.1) is 19.6 Å². The van der Waals surface area contributed by atoms with E-state index < -0.39 is 0 Å². The van der Waals surface area contributed by atoms with Crippen molar-refractivity contribution in [2.24, 2.45) is 5.92 Å². The zero-order valence-corrected chi connectivity index (χ0v) is 18.8. The van der Waals surface area contributed by atoms with E-state index in [1.807, 2.05) is 23.6 Å². The number of anilines is 1. The number of carbonyl (C=O) groups is 1. The number of nitrogens with zero attached hydrogens (tertiary/aromatic N) is 2. The van der Waals surface area contributed by atoms with Gasteiger partial charge in [0.25, 0.3) is 0 Å². The minimum absolute atomic E-state index is 0.100. The van der Waals surface area contributed by atoms with E-state index in [9.17, 15) is 9.18 Å². The number of rotatable bonds is 6. The van der Waals surface area contributed by atoms with Crippen LogP contribution >= 0.6 is 11.3 Å². The van der Waals surface area contributed by atoms with E-state index in [-0.39, 0.29) is 24.6 Å². The number of fused-ring (bicyclic) bond motifs is 3. The number of hydrogen-bond acceptors (Lipinski definition) is 3. The molecule has 6 heteroatoms. The summed E-state index contributed by atoms with van der Waals surface area (Å²) in [4.78, 5) is 14.9. The topological polar surface area (TPSA) is 29.5 Å². The van der Waals surface area contributed by atoms with E-state index in [4.69, 9.17) is 4.74 Å². The second-order valence-corrected chi connectivity index (χ2v) is 9.93. The summed E-state index contributed by atoms with van der Waals surface area (Å²) in [5.41, 5.74) is 1.82. The smallest absolute Gasteiger partial charge is 0.415 e. The minimum Gasteiger partial charge on any atom is -0.439 e. The van der Waals surface area contributed by atoms with Crippen LogP contribution in [0.25, 0.3) is 0 Å². The number of thiophene rings is 1. The standard InChI is InChI=1S/C26H28FN2O2S/c27-23-10-5-4-9-22(23)17-28(25-11-6-16-32-25)26(30)31-24-19-29(14-12-21(24)13-15-29)18-20-7-2-1-3-8-20/h1-11,16,21,24H,12-15,17-19H2/q+1/t21?,24-,29?/m0/s1. The molecule has 0 aliphatic carbocycles. The molecule has 0 unspecified atom stereocenters. The summed E-state index contributed by atoms with van der Waals surface area (Å²) in [6.45, 7) is 4.26. The molecule has 32 heavy (non-hydrogen) atoms. The van der Waals surface area contributed by atoms with Crippen LogP contribution in [0.1, 0.15) is 24.0 Å². The van der Waals surface area contributed by atoms with Crippen LogP contribution in [0.3, 0.4) is 0 Å². The number of ether oxygens (including phenoxy) is 1. The Hall–Kier alpha value is -2.70. The van der Waals surface area contributed by atoms with Gasteiger partial charge in [-0.15, -0.1) is 11.3 Å². The first-order valence-electron chi connectivity index (χ1n) is 11.3. The lowest BCUT2D eigenvalue weighted by atomic mass is 9.83. The van der Waals surface area contributed by atoms with Crippen LogP contribution in [-0.2, 0) is 17.8 Å². The zero-order valence-electron chi connectivity index (χ0n) is 18.0. The molecule has 6 rings (SSSR count). The molecule has 3 fully saturated rings. The summed E-state index contributed by atoms with van der Waals surface area (Å²) in [5, 5.41) is 2.69. The van der Waals surface area contributed by atoms with Gasteiger partial charge in [0, 0.05) is 29.9 Å². The highest BCUT2D eigenvalue weighted by Crippen LogP contribution is 2.37. The highest BCUT2D eigenvalue weighted by Gasteiger charge is 2.48. The maximum absolute atomic E-state index is 14.3. The third-order valence-corrected chi connectivity index (χ3v) is 7.82. The van der Waals surface area contributed by atoms with E-state index >= 15 is 0 Å². The molecule has 0 radical (unpaired) electrons. The average molecular weight is 452 g/mol. The minimum atomic E-state index is -0.382. The molecule has 0 spiro atoms. The van der Waals surface area contributed by atoms with Crippen molar-refractivity contribution in [1.82, 2.24) is 0 Å². The van der Waals surface area contributed by atoms with Crippen LogP contribution in [0.4, 0.5) is 14.2 Å². The number of carbonyl (C=O) groups excluding carboxylic acids is 1. The van der Waals surface area contributed by atoms with Gasteiger partial charge in [-0.25, -0.2) is 9.18 Å². The third kappa shape index (κ3) is 4.43. The fourth-order valence-corrected chi connectivity index (χ4v) is 5.91. The van der Waals surface area contributed by atoms with Crippen molar-refractivity contribution in [3.63, 3.8) is 0 Å². The molecule has 0 saturated carbocycles. The Morgan fingerprint density at radius 2 is 1.78 bits per heavy atom. The first-order valence-corrected chi connectivity index (χ1v) is 12.1. The maximum atomic E-state index is 14.3. The fourth-order valence-electron chi connectivity index (χ4n) is 5.19. The summed E-state index contributed by atoms with van der Waals surface area (Å²) in [6, 6.07) is 21.0. The first-order chi connectivity index (χ1) is 15.6. The molecule has 3 saturated heterocycles. The predicted octanol–water partition coefficient (Wildman–Crippen LogP) is 5.84. The van der Waals surface area contributed by atoms with E-state index in [1.54, 1.807) is 23.1 Å². The lowest BCUT2D eigenvalue weighted by Gasteiger charge is -2.52. The molecule has 4 heterocycles. The molecule has 3 aliphatic heterocycles. The van der Waals surface area contributed by atoms with Gasteiger partial charge in [0.1, 0.15) is 23.9 Å². The van der Waals surface area contributed by atoms with Crippen molar-refractivity contribution in [3.8, 4) is 0 Å². The summed E-state index contributed by atoms with van der Waals surface area (Å²) < 4.78 is 21.4. The Morgan fingerprint density at radius 1 is 1.03 bits per heavy atom. The van der Waals surface area contributed by atoms with Crippen LogP contribution in [0.15, 0.2) is 72.1 Å². The molecule has 0 N–H and O–H groups in total. The van der Waals surface area contributed by atoms with E-state index in [1.165, 1.54) is 23.0 Å². The normalized spacial score (nSPS) is 24.3. The number of quaternary nitrogens is 1. The van der Waals surface area contributed by atoms with Crippen molar-refractivity contribution in [2.45, 2.75) is 32.0 Å². The van der Waals surface area contributed by atoms with Crippen molar-refractivity contribution in [3.05, 3.63) is 89.1 Å². The molecule has 2 aromatic carbocycles. The van der Waals surface area contributed by atoms with Crippen molar-refractivity contribution in [1.29, 1.82) is 0 Å². The van der Waals surface area contributed by atoms with Crippen LogP contribution in [-0.4, -0.2) is 36.3 Å². The number of benzene rings is 2. The Kier molecular flexibility index (Phi) is 5.98. The zero-order chi connectivity index (χ0) is 22.0. The van der Waals surface area contributed by atoms with Gasteiger partial charge in [-0.1, -0.05) is 48.5 Å². The second kappa shape index (κ2) is 9.04. The third-order valence-electron chi connectivity index (χ3n) is 6.93. The number of amides is 1. The van der Waals surface area contributed by atoms with Crippen molar-refractivity contribution >= 4 is 22.4 Å². The summed E-state index contributed by atoms with van der Waals surface area (Å²) in [7, 11) is 0. The molecule has 2 bridgehead atoms. The Bertz CT molecular complexity index is 1050. The van der Waals surface area contributed by atoms with Gasteiger partial charge < -0.3 is 9.22 Å². The summed E-state index contributed by atoms with van der Waals surface area (Å²) in [5.74, 6) is 0.102. The van der Waals surface area contributed by atoms with Gasteiger partial charge in [-0.2, -0.15) is 0 Å². The van der Waals surface area contributed by atoms with Crippen LogP contribution in [0.2, 0.25) is 0 Å². The average Bonchev–Trinajstić information content (AvgIpc) is 3.34. The second-order valence-electron chi connectivity index (χ2n) is 9.00. The van der Waals surface area contributed by atoms with Crippen molar-refractivity contribution < 1.29 is 18.4 Å². The Morgan fingerprint density at radius 3 is 2.50 bits per heavy atom. The highest BCUT2D eigenvalue weighted by atomic mass is 32.1. The molecule has 1 atom stereocenters. The van der Waals surface area contributed by atoms with Crippen LogP contribution in [0.5, 0.6) is 0 Å². The largest absolute Gasteiger partial charge is 0.439 e. The fraction of sp³-hybridized carbons (Fsp3) is 0.346. The summed E-state index contributed by atoms with van der Waals surface area (Å²) in [6.07, 6.45) is 1.68. The lowest BCUT2D eigenvalue weighted by molar-refractivity contribution is -0.958. The van der Waals surface area contributed by atoms with Gasteiger partial charge >= 0.3 is 6.09 Å². The lowest BCUT2D eigenvalue weighted by Crippen LogP contribution is -2.64. The van der Waals surface area contributed by atoms with E-state index in [2.05, 4.69) is 24.3 Å². The summed E-state index contributed by atoms with van der Waals surface area (Å²) >= 11 is 1.46. The highest BCUT2D eigenvalue weighted by molar-refractivity contribution is 7.14. The van der Waals surface area contributed by atoms with Gasteiger partial charge in [0.2, 0.25) is 0 Å².